The molecule has 0 heterocycles. The van der Waals surface area contributed by atoms with E-state index in [1.54, 1.807) is 12.1 Å². The van der Waals surface area contributed by atoms with Gasteiger partial charge in [0, 0.05) is 5.02 Å². The SMILES string of the molecule is Cc1ccc(C2CC2c2ccc(O)cc2Cl)cc1. The van der Waals surface area contributed by atoms with Gasteiger partial charge in [0.2, 0.25) is 0 Å². The molecule has 3 rings (SSSR count). The number of benzene rings is 2. The topological polar surface area (TPSA) is 20.2 Å². The molecule has 92 valence electrons. The summed E-state index contributed by atoms with van der Waals surface area (Å²) in [5, 5.41) is 10.0. The Hall–Kier alpha value is -1.47. The van der Waals surface area contributed by atoms with E-state index in [0.29, 0.717) is 16.9 Å². The minimum atomic E-state index is 0.233. The van der Waals surface area contributed by atoms with E-state index in [4.69, 9.17) is 11.6 Å². The van der Waals surface area contributed by atoms with Crippen LogP contribution in [0.2, 0.25) is 5.02 Å². The minimum Gasteiger partial charge on any atom is -0.508 e. The van der Waals surface area contributed by atoms with E-state index >= 15 is 0 Å². The Kier molecular flexibility index (Phi) is 2.79. The maximum absolute atomic E-state index is 9.37. The van der Waals surface area contributed by atoms with Crippen LogP contribution in [-0.2, 0) is 0 Å². The Morgan fingerprint density at radius 3 is 2.44 bits per heavy atom. The highest BCUT2D eigenvalue weighted by molar-refractivity contribution is 6.31. The molecule has 0 aliphatic heterocycles. The van der Waals surface area contributed by atoms with Crippen LogP contribution in [0.1, 0.15) is 34.9 Å². The minimum absolute atomic E-state index is 0.233. The van der Waals surface area contributed by atoms with Crippen molar-refractivity contribution in [2.45, 2.75) is 25.2 Å². The average molecular weight is 259 g/mol. The summed E-state index contributed by atoms with van der Waals surface area (Å²) < 4.78 is 0. The highest BCUT2D eigenvalue weighted by Crippen LogP contribution is 2.56. The fraction of sp³-hybridized carbons (Fsp3) is 0.250. The van der Waals surface area contributed by atoms with Crippen LogP contribution in [0.15, 0.2) is 42.5 Å². The molecule has 0 aromatic heterocycles. The maximum Gasteiger partial charge on any atom is 0.117 e. The maximum atomic E-state index is 9.37. The Morgan fingerprint density at radius 2 is 1.78 bits per heavy atom. The summed E-state index contributed by atoms with van der Waals surface area (Å²) in [6.07, 6.45) is 1.15. The van der Waals surface area contributed by atoms with Gasteiger partial charge in [0.15, 0.2) is 0 Å². The molecule has 0 saturated heterocycles. The third kappa shape index (κ3) is 2.11. The number of halogens is 1. The van der Waals surface area contributed by atoms with Gasteiger partial charge < -0.3 is 5.11 Å². The monoisotopic (exact) mass is 258 g/mol. The first-order valence-corrected chi connectivity index (χ1v) is 6.58. The second kappa shape index (κ2) is 4.33. The van der Waals surface area contributed by atoms with Crippen LogP contribution >= 0.6 is 11.6 Å². The molecule has 0 radical (unpaired) electrons. The summed E-state index contributed by atoms with van der Waals surface area (Å²) in [4.78, 5) is 0. The third-order valence-corrected chi connectivity index (χ3v) is 4.01. The van der Waals surface area contributed by atoms with Crippen LogP contribution in [0.5, 0.6) is 5.75 Å². The molecule has 1 N–H and O–H groups in total. The molecule has 2 atom stereocenters. The molecule has 0 spiro atoms. The van der Waals surface area contributed by atoms with Gasteiger partial charge in [0.25, 0.3) is 0 Å². The number of phenolic OH excluding ortho intramolecular Hbond substituents is 1. The number of rotatable bonds is 2. The largest absolute Gasteiger partial charge is 0.508 e. The lowest BCUT2D eigenvalue weighted by atomic mass is 10.0. The normalized spacial score (nSPS) is 21.9. The Bertz CT molecular complexity index is 574. The van der Waals surface area contributed by atoms with Gasteiger partial charge >= 0.3 is 0 Å². The zero-order chi connectivity index (χ0) is 12.7. The van der Waals surface area contributed by atoms with Crippen molar-refractivity contribution in [3.05, 3.63) is 64.2 Å². The number of aromatic hydroxyl groups is 1. The van der Waals surface area contributed by atoms with Crippen LogP contribution in [0, 0.1) is 6.92 Å². The molecule has 2 aromatic carbocycles. The lowest BCUT2D eigenvalue weighted by molar-refractivity contribution is 0.475. The van der Waals surface area contributed by atoms with Gasteiger partial charge in [-0.15, -0.1) is 0 Å². The summed E-state index contributed by atoms with van der Waals surface area (Å²) in [5.74, 6) is 1.31. The average Bonchev–Trinajstić information content (AvgIpc) is 3.10. The summed E-state index contributed by atoms with van der Waals surface area (Å²) in [6, 6.07) is 14.0. The van der Waals surface area contributed by atoms with E-state index < -0.39 is 0 Å². The zero-order valence-corrected chi connectivity index (χ0v) is 11.0. The molecule has 1 nitrogen and oxygen atoms in total. The summed E-state index contributed by atoms with van der Waals surface area (Å²) in [7, 11) is 0. The van der Waals surface area contributed by atoms with Crippen LogP contribution in [0.25, 0.3) is 0 Å². The molecule has 2 aromatic rings. The Labute approximate surface area is 112 Å². The van der Waals surface area contributed by atoms with Gasteiger partial charge in [0.1, 0.15) is 5.75 Å². The van der Waals surface area contributed by atoms with Gasteiger partial charge in [-0.3, -0.25) is 0 Å². The molecule has 0 bridgehead atoms. The highest BCUT2D eigenvalue weighted by Gasteiger charge is 2.40. The second-order valence-electron chi connectivity index (χ2n) is 5.07. The van der Waals surface area contributed by atoms with Crippen molar-refractivity contribution in [1.82, 2.24) is 0 Å². The predicted octanol–water partition coefficient (Wildman–Crippen LogP) is 4.63. The molecule has 2 heteroatoms. The number of phenols is 1. The van der Waals surface area contributed by atoms with E-state index in [2.05, 4.69) is 31.2 Å². The van der Waals surface area contributed by atoms with Crippen molar-refractivity contribution in [2.75, 3.05) is 0 Å². The van der Waals surface area contributed by atoms with Gasteiger partial charge in [-0.1, -0.05) is 47.5 Å². The predicted molar refractivity (Wildman–Crippen MR) is 74.4 cm³/mol. The fourth-order valence-electron chi connectivity index (χ4n) is 2.54. The van der Waals surface area contributed by atoms with Gasteiger partial charge in [0.05, 0.1) is 0 Å². The first kappa shape index (κ1) is 11.6. The van der Waals surface area contributed by atoms with E-state index in [1.165, 1.54) is 11.1 Å². The van der Waals surface area contributed by atoms with E-state index in [1.807, 2.05) is 6.07 Å². The lowest BCUT2D eigenvalue weighted by Crippen LogP contribution is -1.86. The van der Waals surface area contributed by atoms with Crippen LogP contribution in [0.3, 0.4) is 0 Å². The standard InChI is InChI=1S/C16H15ClO/c1-10-2-4-11(5-3-10)14-9-15(14)13-7-6-12(18)8-16(13)17/h2-8,14-15,18H,9H2,1H3. The molecule has 18 heavy (non-hydrogen) atoms. The molecule has 1 aliphatic carbocycles. The van der Waals surface area contributed by atoms with Gasteiger partial charge in [-0.25, -0.2) is 0 Å². The quantitative estimate of drug-likeness (QED) is 0.833. The van der Waals surface area contributed by atoms with Crippen LogP contribution < -0.4 is 0 Å². The molecule has 1 saturated carbocycles. The molecule has 1 aliphatic rings. The van der Waals surface area contributed by atoms with E-state index in [-0.39, 0.29) is 5.75 Å². The molecule has 2 unspecified atom stereocenters. The van der Waals surface area contributed by atoms with Crippen molar-refractivity contribution in [3.63, 3.8) is 0 Å². The zero-order valence-electron chi connectivity index (χ0n) is 10.2. The van der Waals surface area contributed by atoms with Crippen molar-refractivity contribution < 1.29 is 5.11 Å². The van der Waals surface area contributed by atoms with E-state index in [0.717, 1.165) is 12.0 Å². The van der Waals surface area contributed by atoms with E-state index in [9.17, 15) is 5.11 Å². The van der Waals surface area contributed by atoms with Crippen LogP contribution in [-0.4, -0.2) is 5.11 Å². The molecular formula is C16H15ClO. The molecule has 1 fully saturated rings. The molecular weight excluding hydrogens is 244 g/mol. The summed E-state index contributed by atoms with van der Waals surface area (Å²) in [6.45, 7) is 2.10. The van der Waals surface area contributed by atoms with Crippen LogP contribution in [0.4, 0.5) is 0 Å². The summed E-state index contributed by atoms with van der Waals surface area (Å²) in [5.41, 5.74) is 3.83. The number of hydrogen-bond donors (Lipinski definition) is 1. The van der Waals surface area contributed by atoms with Crippen molar-refractivity contribution in [1.29, 1.82) is 0 Å². The first-order chi connectivity index (χ1) is 8.65. The van der Waals surface area contributed by atoms with Crippen molar-refractivity contribution in [3.8, 4) is 5.75 Å². The second-order valence-corrected chi connectivity index (χ2v) is 5.47. The summed E-state index contributed by atoms with van der Waals surface area (Å²) >= 11 is 6.18. The Morgan fingerprint density at radius 1 is 1.06 bits per heavy atom. The first-order valence-electron chi connectivity index (χ1n) is 6.20. The van der Waals surface area contributed by atoms with Gasteiger partial charge in [-0.2, -0.15) is 0 Å². The Balaban J connectivity index is 1.83. The highest BCUT2D eigenvalue weighted by atomic mass is 35.5. The van der Waals surface area contributed by atoms with Crippen molar-refractivity contribution in [2.24, 2.45) is 0 Å². The lowest BCUT2D eigenvalue weighted by Gasteiger charge is -2.05. The third-order valence-electron chi connectivity index (χ3n) is 3.68. The fourth-order valence-corrected chi connectivity index (χ4v) is 2.85. The number of hydrogen-bond acceptors (Lipinski definition) is 1. The molecule has 0 amide bonds. The van der Waals surface area contributed by atoms with Crippen molar-refractivity contribution >= 4 is 11.6 Å². The number of aryl methyl sites for hydroxylation is 1. The van der Waals surface area contributed by atoms with Gasteiger partial charge in [-0.05, 0) is 48.4 Å². The smallest absolute Gasteiger partial charge is 0.117 e.